The van der Waals surface area contributed by atoms with Crippen molar-refractivity contribution in [2.24, 2.45) is 0 Å². The van der Waals surface area contributed by atoms with Gasteiger partial charge in [-0.25, -0.2) is 0 Å². The molecule has 4 rings (SSSR count). The van der Waals surface area contributed by atoms with Crippen molar-refractivity contribution in [1.29, 1.82) is 0 Å². The average molecular weight is 456 g/mol. The lowest BCUT2D eigenvalue weighted by atomic mass is 9.91. The molecule has 1 fully saturated rings. The zero-order valence-corrected chi connectivity index (χ0v) is 20.1. The minimum atomic E-state index is -0.841. The minimum Gasteiger partial charge on any atom is -0.489 e. The molecule has 1 atom stereocenters. The van der Waals surface area contributed by atoms with Gasteiger partial charge in [0.15, 0.2) is 0 Å². The molecule has 3 aromatic rings. The predicted octanol–water partition coefficient (Wildman–Crippen LogP) is 6.54. The smallest absolute Gasteiger partial charge is 0.324 e. The van der Waals surface area contributed by atoms with E-state index in [1.54, 1.807) is 6.08 Å². The van der Waals surface area contributed by atoms with Gasteiger partial charge in [-0.1, -0.05) is 66.7 Å². The maximum Gasteiger partial charge on any atom is 0.324 e. The molecule has 0 radical (unpaired) electrons. The monoisotopic (exact) mass is 455 g/mol. The van der Waals surface area contributed by atoms with Gasteiger partial charge in [-0.2, -0.15) is 0 Å². The zero-order valence-electron chi connectivity index (χ0n) is 20.1. The lowest BCUT2D eigenvalue weighted by Crippen LogP contribution is -2.49. The molecule has 0 amide bonds. The van der Waals surface area contributed by atoms with E-state index in [-0.39, 0.29) is 0 Å². The first-order valence-corrected chi connectivity index (χ1v) is 11.9. The van der Waals surface area contributed by atoms with Crippen molar-refractivity contribution in [2.75, 3.05) is 6.54 Å². The predicted molar refractivity (Wildman–Crippen MR) is 137 cm³/mol. The van der Waals surface area contributed by atoms with Crippen LogP contribution in [0.4, 0.5) is 0 Å². The summed E-state index contributed by atoms with van der Waals surface area (Å²) >= 11 is 0. The van der Waals surface area contributed by atoms with Crippen molar-refractivity contribution in [3.05, 3.63) is 102 Å². The van der Waals surface area contributed by atoms with Gasteiger partial charge in [-0.3, -0.25) is 9.69 Å². The van der Waals surface area contributed by atoms with Crippen molar-refractivity contribution in [3.8, 4) is 16.9 Å². The highest BCUT2D eigenvalue weighted by atomic mass is 16.5. The van der Waals surface area contributed by atoms with Crippen LogP contribution in [-0.2, 0) is 17.9 Å². The van der Waals surface area contributed by atoms with Crippen LogP contribution in [0.5, 0.6) is 5.75 Å². The first kappa shape index (κ1) is 23.8. The van der Waals surface area contributed by atoms with Crippen LogP contribution in [0.15, 0.2) is 79.4 Å². The second-order valence-corrected chi connectivity index (χ2v) is 9.20. The Balaban J connectivity index is 1.47. The molecule has 1 N–H and O–H groups in total. The maximum absolute atomic E-state index is 12.1. The van der Waals surface area contributed by atoms with Crippen molar-refractivity contribution in [1.82, 2.24) is 4.90 Å². The van der Waals surface area contributed by atoms with E-state index in [0.29, 0.717) is 26.0 Å². The van der Waals surface area contributed by atoms with E-state index >= 15 is 0 Å². The number of aliphatic carboxylic acids is 1. The third-order valence-corrected chi connectivity index (χ3v) is 7.03. The lowest BCUT2D eigenvalue weighted by Gasteiger charge is -2.34. The van der Waals surface area contributed by atoms with Gasteiger partial charge in [0.25, 0.3) is 0 Å². The van der Waals surface area contributed by atoms with Gasteiger partial charge in [0.2, 0.25) is 0 Å². The van der Waals surface area contributed by atoms with E-state index in [1.165, 1.54) is 16.7 Å². The van der Waals surface area contributed by atoms with Gasteiger partial charge in [0, 0.05) is 6.54 Å². The minimum absolute atomic E-state index is 0.462. The fourth-order valence-corrected chi connectivity index (χ4v) is 5.08. The summed E-state index contributed by atoms with van der Waals surface area (Å²) in [5, 5.41) is 9.93. The maximum atomic E-state index is 12.1. The van der Waals surface area contributed by atoms with Crippen LogP contribution < -0.4 is 4.74 Å². The average Bonchev–Trinajstić information content (AvgIpc) is 3.23. The quantitative estimate of drug-likeness (QED) is 0.372. The summed E-state index contributed by atoms with van der Waals surface area (Å²) in [6.45, 7) is 9.87. The molecule has 0 aromatic heterocycles. The Labute approximate surface area is 202 Å². The summed E-state index contributed by atoms with van der Waals surface area (Å²) in [5.74, 6) is 0.0972. The highest BCUT2D eigenvalue weighted by Crippen LogP contribution is 2.35. The van der Waals surface area contributed by atoms with E-state index in [9.17, 15) is 9.90 Å². The second kappa shape index (κ2) is 10.3. The third kappa shape index (κ3) is 4.78. The van der Waals surface area contributed by atoms with E-state index < -0.39 is 11.5 Å². The Kier molecular flexibility index (Phi) is 7.18. The summed E-state index contributed by atoms with van der Waals surface area (Å²) in [6, 6.07) is 22.9. The highest BCUT2D eigenvalue weighted by molar-refractivity contribution is 5.79. The number of carbonyl (C=O) groups is 1. The van der Waals surface area contributed by atoms with Crippen molar-refractivity contribution in [3.63, 3.8) is 0 Å². The summed E-state index contributed by atoms with van der Waals surface area (Å²) in [4.78, 5) is 14.2. The van der Waals surface area contributed by atoms with Gasteiger partial charge >= 0.3 is 5.97 Å². The molecule has 4 heteroatoms. The second-order valence-electron chi connectivity index (χ2n) is 9.20. The van der Waals surface area contributed by atoms with Crippen LogP contribution in [0.2, 0.25) is 0 Å². The van der Waals surface area contributed by atoms with Gasteiger partial charge in [-0.05, 0) is 79.1 Å². The van der Waals surface area contributed by atoms with E-state index in [0.717, 1.165) is 35.4 Å². The first-order chi connectivity index (χ1) is 16.4. The van der Waals surface area contributed by atoms with Crippen LogP contribution in [-0.4, -0.2) is 28.1 Å². The van der Waals surface area contributed by atoms with E-state index in [4.69, 9.17) is 4.74 Å². The zero-order chi connectivity index (χ0) is 24.1. The van der Waals surface area contributed by atoms with Crippen molar-refractivity contribution in [2.45, 2.75) is 51.8 Å². The number of carboxylic acid groups (broad SMARTS) is 1. The molecule has 0 saturated carbocycles. The van der Waals surface area contributed by atoms with Crippen LogP contribution in [0, 0.1) is 13.8 Å². The van der Waals surface area contributed by atoms with Gasteiger partial charge < -0.3 is 9.84 Å². The van der Waals surface area contributed by atoms with E-state index in [1.807, 2.05) is 19.1 Å². The standard InChI is InChI=1S/C30H33NO3/c1-4-16-30(29(32)33)17-9-18-31(30)20-24-14-15-28(22(2)19-24)34-21-26-12-8-13-27(23(26)3)25-10-6-5-7-11-25/h4-8,10-15,19H,1,9,16-18,20-21H2,2-3H3,(H,32,33)/t30-/m1/s1. The molecule has 0 aliphatic carbocycles. The number of hydrogen-bond acceptors (Lipinski definition) is 3. The Morgan fingerprint density at radius 3 is 2.62 bits per heavy atom. The molecule has 176 valence electrons. The van der Waals surface area contributed by atoms with Gasteiger partial charge in [0.05, 0.1) is 0 Å². The number of ether oxygens (including phenoxy) is 1. The summed E-state index contributed by atoms with van der Waals surface area (Å²) < 4.78 is 6.22. The molecule has 1 aliphatic rings. The molecule has 0 spiro atoms. The highest BCUT2D eigenvalue weighted by Gasteiger charge is 2.46. The Morgan fingerprint density at radius 2 is 1.91 bits per heavy atom. The number of nitrogens with zero attached hydrogens (tertiary/aromatic N) is 1. The van der Waals surface area contributed by atoms with Gasteiger partial charge in [0.1, 0.15) is 17.9 Å². The number of aryl methyl sites for hydroxylation is 1. The van der Waals surface area contributed by atoms with Crippen LogP contribution in [0.25, 0.3) is 11.1 Å². The van der Waals surface area contributed by atoms with Crippen LogP contribution in [0.3, 0.4) is 0 Å². The number of hydrogen-bond donors (Lipinski definition) is 1. The number of carboxylic acids is 1. The fourth-order valence-electron chi connectivity index (χ4n) is 5.08. The number of rotatable bonds is 9. The number of likely N-dealkylation sites (tertiary alicyclic amines) is 1. The Bertz CT molecular complexity index is 1170. The molecular formula is C30H33NO3. The molecule has 1 heterocycles. The molecule has 34 heavy (non-hydrogen) atoms. The van der Waals surface area contributed by atoms with Crippen molar-refractivity contribution < 1.29 is 14.6 Å². The lowest BCUT2D eigenvalue weighted by molar-refractivity contribution is -0.150. The molecule has 4 nitrogen and oxygen atoms in total. The summed E-state index contributed by atoms with van der Waals surface area (Å²) in [6.07, 6.45) is 3.74. The Hall–Kier alpha value is -3.37. The molecule has 3 aromatic carbocycles. The molecule has 1 aliphatic heterocycles. The summed E-state index contributed by atoms with van der Waals surface area (Å²) in [7, 11) is 0. The van der Waals surface area contributed by atoms with Gasteiger partial charge in [-0.15, -0.1) is 6.58 Å². The van der Waals surface area contributed by atoms with E-state index in [2.05, 4.69) is 73.0 Å². The topological polar surface area (TPSA) is 49.8 Å². The molecule has 0 unspecified atom stereocenters. The molecule has 0 bridgehead atoms. The SMILES string of the molecule is C=CC[C@]1(C(=O)O)CCCN1Cc1ccc(OCc2cccc(-c3ccccc3)c2C)c(C)c1. The largest absolute Gasteiger partial charge is 0.489 e. The Morgan fingerprint density at radius 1 is 1.12 bits per heavy atom. The molecule has 1 saturated heterocycles. The number of benzene rings is 3. The van der Waals surface area contributed by atoms with Crippen molar-refractivity contribution >= 4 is 5.97 Å². The fraction of sp³-hybridized carbons (Fsp3) is 0.300. The first-order valence-electron chi connectivity index (χ1n) is 11.9. The molecular weight excluding hydrogens is 422 g/mol. The van der Waals surface area contributed by atoms with Crippen LogP contribution >= 0.6 is 0 Å². The normalized spacial score (nSPS) is 18.1. The van der Waals surface area contributed by atoms with Crippen LogP contribution in [0.1, 0.15) is 41.5 Å². The summed E-state index contributed by atoms with van der Waals surface area (Å²) in [5.41, 5.74) is 6.13. The third-order valence-electron chi connectivity index (χ3n) is 7.03.